The maximum absolute atomic E-state index is 13.4. The summed E-state index contributed by atoms with van der Waals surface area (Å²) in [7, 11) is 0. The van der Waals surface area contributed by atoms with Gasteiger partial charge in [0.05, 0.1) is 5.56 Å². The van der Waals surface area contributed by atoms with Gasteiger partial charge in [0.15, 0.2) is 5.82 Å². The Bertz CT molecular complexity index is 1720. The van der Waals surface area contributed by atoms with E-state index in [1.54, 1.807) is 10.6 Å². The number of piperazine rings is 1. The van der Waals surface area contributed by atoms with E-state index in [2.05, 4.69) is 43.5 Å². The summed E-state index contributed by atoms with van der Waals surface area (Å²) >= 11 is 0. The molecule has 0 unspecified atom stereocenters. The molecular weight excluding hydrogens is 606 g/mol. The van der Waals surface area contributed by atoms with Gasteiger partial charge < -0.3 is 25.3 Å². The molecule has 2 fully saturated rings. The second-order valence-corrected chi connectivity index (χ2v) is 12.9. The van der Waals surface area contributed by atoms with Crippen molar-refractivity contribution in [2.24, 2.45) is 5.92 Å². The quantitative estimate of drug-likeness (QED) is 0.240. The van der Waals surface area contributed by atoms with E-state index in [0.29, 0.717) is 29.2 Å². The van der Waals surface area contributed by atoms with Gasteiger partial charge in [0.1, 0.15) is 11.5 Å². The lowest BCUT2D eigenvalue weighted by Crippen LogP contribution is -2.51. The van der Waals surface area contributed by atoms with E-state index in [-0.39, 0.29) is 41.0 Å². The van der Waals surface area contributed by atoms with Crippen molar-refractivity contribution in [2.45, 2.75) is 46.1 Å². The first-order valence-electron chi connectivity index (χ1n) is 16.8. The Labute approximate surface area is 281 Å². The van der Waals surface area contributed by atoms with E-state index in [1.165, 1.54) is 11.8 Å². The molecule has 2 aliphatic heterocycles. The van der Waals surface area contributed by atoms with Gasteiger partial charge in [-0.15, -0.1) is 10.2 Å². The number of aromatic hydroxyl groups is 2. The van der Waals surface area contributed by atoms with Gasteiger partial charge in [0.2, 0.25) is 11.7 Å². The average molecular weight is 651 g/mol. The first-order valence-corrected chi connectivity index (χ1v) is 16.8. The van der Waals surface area contributed by atoms with Crippen LogP contribution in [-0.2, 0) is 11.3 Å². The van der Waals surface area contributed by atoms with Gasteiger partial charge in [-0.3, -0.25) is 19.1 Å². The monoisotopic (exact) mass is 650 g/mol. The van der Waals surface area contributed by atoms with E-state index >= 15 is 0 Å². The van der Waals surface area contributed by atoms with E-state index in [1.807, 2.05) is 62.1 Å². The number of piperidine rings is 1. The second kappa shape index (κ2) is 14.5. The van der Waals surface area contributed by atoms with Crippen LogP contribution >= 0.6 is 0 Å². The fraction of sp³-hybridized carbons (Fsp3) is 0.405. The number of nitrogens with zero attached hydrogens (tertiary/aromatic N) is 6. The number of carbonyl (C=O) groups excluding carboxylic acids is 2. The van der Waals surface area contributed by atoms with Gasteiger partial charge in [-0.25, -0.2) is 0 Å². The van der Waals surface area contributed by atoms with Crippen molar-refractivity contribution in [3.8, 4) is 28.6 Å². The Balaban J connectivity index is 1.11. The van der Waals surface area contributed by atoms with Crippen LogP contribution < -0.4 is 10.2 Å². The van der Waals surface area contributed by atoms with Crippen molar-refractivity contribution in [1.29, 1.82) is 0 Å². The number of likely N-dealkylation sites (tertiary alicyclic amines) is 1. The maximum atomic E-state index is 13.4. The number of nitrogens with one attached hydrogen (secondary N) is 1. The topological polar surface area (TPSA) is 127 Å². The normalized spacial score (nSPS) is 16.0. The third-order valence-corrected chi connectivity index (χ3v) is 9.41. The molecule has 0 saturated carbocycles. The van der Waals surface area contributed by atoms with Gasteiger partial charge in [-0.2, -0.15) is 0 Å². The van der Waals surface area contributed by atoms with Gasteiger partial charge in [0.25, 0.3) is 5.91 Å². The van der Waals surface area contributed by atoms with Crippen LogP contribution in [0.1, 0.15) is 61.3 Å². The van der Waals surface area contributed by atoms with Gasteiger partial charge in [-0.1, -0.05) is 38.1 Å². The summed E-state index contributed by atoms with van der Waals surface area (Å²) < 4.78 is 1.64. The van der Waals surface area contributed by atoms with Crippen molar-refractivity contribution < 1.29 is 19.8 Å². The number of phenolic OH excluding ortho intramolecular Hbond substituents is 2. The minimum absolute atomic E-state index is 0.000230. The molecule has 2 amide bonds. The number of carbonyl (C=O) groups is 2. The van der Waals surface area contributed by atoms with Gasteiger partial charge in [0, 0.05) is 62.6 Å². The molecule has 1 radical (unpaired) electrons. The molecule has 4 aromatic rings. The van der Waals surface area contributed by atoms with Crippen LogP contribution in [0, 0.1) is 12.0 Å². The molecule has 3 heterocycles. The molecule has 0 aliphatic carbocycles. The summed E-state index contributed by atoms with van der Waals surface area (Å²) in [6, 6.07) is 22.0. The molecule has 0 atom stereocenters. The lowest BCUT2D eigenvalue weighted by atomic mass is 9.94. The minimum atomic E-state index is -0.378. The lowest BCUT2D eigenvalue weighted by molar-refractivity contribution is -0.137. The Morgan fingerprint density at radius 3 is 2.23 bits per heavy atom. The van der Waals surface area contributed by atoms with Crippen LogP contribution in [0.2, 0.25) is 0 Å². The zero-order valence-corrected chi connectivity index (χ0v) is 27.9. The van der Waals surface area contributed by atoms with Crippen LogP contribution in [0.25, 0.3) is 17.1 Å². The number of aromatic nitrogens is 3. The van der Waals surface area contributed by atoms with Crippen LogP contribution in [0.4, 0.5) is 5.69 Å². The fourth-order valence-electron chi connectivity index (χ4n) is 6.70. The highest BCUT2D eigenvalue weighted by Crippen LogP contribution is 2.38. The smallest absolute Gasteiger partial charge is 0.289 e. The molecule has 0 bridgehead atoms. The summed E-state index contributed by atoms with van der Waals surface area (Å²) in [4.78, 5) is 33.1. The number of rotatable bonds is 9. The predicted molar refractivity (Wildman–Crippen MR) is 184 cm³/mol. The van der Waals surface area contributed by atoms with Crippen molar-refractivity contribution >= 4 is 17.5 Å². The predicted octanol–water partition coefficient (Wildman–Crippen LogP) is 4.58. The largest absolute Gasteiger partial charge is 0.508 e. The van der Waals surface area contributed by atoms with Crippen molar-refractivity contribution in [2.75, 3.05) is 50.7 Å². The first kappa shape index (κ1) is 33.0. The Hall–Kier alpha value is -4.90. The van der Waals surface area contributed by atoms with E-state index < -0.39 is 0 Å². The summed E-state index contributed by atoms with van der Waals surface area (Å²) in [6.07, 6.45) is 1.69. The van der Waals surface area contributed by atoms with Gasteiger partial charge in [-0.05, 0) is 86.3 Å². The number of phenols is 2. The molecule has 2 aliphatic rings. The molecule has 48 heavy (non-hydrogen) atoms. The molecule has 1 aromatic heterocycles. The SMILES string of the molecule is CCNC(=O)c1nnc(-c2cc(C(C)C)c(O)cc2O)n1-c1ccc(CN2CCC(C(=O)N3CCN(c4cc[c]cc4)CC3)CC2)cc1. The molecule has 251 valence electrons. The standard InChI is InChI=1S/C37H44N7O4/c1-4-38-36(47)35-40-39-34(31-22-30(25(2)3)32(45)23-33(31)46)44(35)29-12-10-26(11-13-29)24-41-16-14-27(15-17-41)37(48)43-20-18-42(19-21-43)28-8-6-5-7-9-28/h6-13,22-23,25,27,45-46H,4,14-21,24H2,1-3H3,(H,38,47). The molecule has 6 rings (SSSR count). The minimum Gasteiger partial charge on any atom is -0.508 e. The first-order chi connectivity index (χ1) is 23.2. The molecule has 3 N–H and O–H groups in total. The Kier molecular flexibility index (Phi) is 9.95. The molecular formula is C37H44N7O4. The van der Waals surface area contributed by atoms with E-state index in [4.69, 9.17) is 0 Å². The molecule has 3 aromatic carbocycles. The third-order valence-electron chi connectivity index (χ3n) is 9.41. The lowest BCUT2D eigenvalue weighted by Gasteiger charge is -2.39. The Morgan fingerprint density at radius 2 is 1.58 bits per heavy atom. The van der Waals surface area contributed by atoms with Crippen molar-refractivity contribution in [1.82, 2.24) is 29.9 Å². The zero-order valence-electron chi connectivity index (χ0n) is 27.9. The summed E-state index contributed by atoms with van der Waals surface area (Å²) in [5, 5.41) is 32.5. The number of amides is 2. The highest BCUT2D eigenvalue weighted by Gasteiger charge is 2.31. The summed E-state index contributed by atoms with van der Waals surface area (Å²) in [5.41, 5.74) is 4.00. The van der Waals surface area contributed by atoms with E-state index in [0.717, 1.165) is 64.2 Å². The molecule has 11 heteroatoms. The van der Waals surface area contributed by atoms with Crippen LogP contribution in [0.15, 0.2) is 60.7 Å². The van der Waals surface area contributed by atoms with Gasteiger partial charge >= 0.3 is 0 Å². The highest BCUT2D eigenvalue weighted by atomic mass is 16.3. The number of hydrogen-bond donors (Lipinski definition) is 3. The van der Waals surface area contributed by atoms with E-state index in [9.17, 15) is 19.8 Å². The summed E-state index contributed by atoms with van der Waals surface area (Å²) in [5.74, 6) is 0.222. The maximum Gasteiger partial charge on any atom is 0.289 e. The molecule has 0 spiro atoms. The number of benzene rings is 3. The van der Waals surface area contributed by atoms with Crippen molar-refractivity contribution in [3.63, 3.8) is 0 Å². The number of anilines is 1. The van der Waals surface area contributed by atoms with Crippen LogP contribution in [-0.4, -0.2) is 92.4 Å². The third kappa shape index (κ3) is 7.01. The van der Waals surface area contributed by atoms with Crippen LogP contribution in [0.5, 0.6) is 11.5 Å². The Morgan fingerprint density at radius 1 is 0.896 bits per heavy atom. The van der Waals surface area contributed by atoms with Crippen molar-refractivity contribution in [3.05, 3.63) is 83.7 Å². The number of hydrogen-bond acceptors (Lipinski definition) is 8. The highest BCUT2D eigenvalue weighted by molar-refractivity contribution is 5.92. The van der Waals surface area contributed by atoms with Crippen LogP contribution in [0.3, 0.4) is 0 Å². The average Bonchev–Trinajstić information content (AvgIpc) is 3.54. The second-order valence-electron chi connectivity index (χ2n) is 12.9. The summed E-state index contributed by atoms with van der Waals surface area (Å²) in [6.45, 7) is 11.8. The zero-order chi connectivity index (χ0) is 33.8. The molecule has 2 saturated heterocycles. The molecule has 11 nitrogen and oxygen atoms in total. The fourth-order valence-corrected chi connectivity index (χ4v) is 6.70.